The van der Waals surface area contributed by atoms with Gasteiger partial charge in [0.1, 0.15) is 0 Å². The molecule has 1 aliphatic carbocycles. The van der Waals surface area contributed by atoms with Crippen LogP contribution >= 0.6 is 0 Å². The first-order chi connectivity index (χ1) is 20.4. The minimum absolute atomic E-state index is 0.0533. The number of carbonyl (C=O) groups excluding carboxylic acids is 1. The molecule has 222 valence electrons. The lowest BCUT2D eigenvalue weighted by Gasteiger charge is -2.25. The predicted molar refractivity (Wildman–Crippen MR) is 169 cm³/mol. The molecule has 4 rings (SSSR count). The monoisotopic (exact) mass is 568 g/mol. The number of hydrogen-bond donors (Lipinski definition) is 2. The molecule has 0 saturated heterocycles. The van der Waals surface area contributed by atoms with Gasteiger partial charge in [-0.15, -0.1) is 0 Å². The second-order valence-corrected chi connectivity index (χ2v) is 11.4. The highest BCUT2D eigenvalue weighted by Gasteiger charge is 2.37. The summed E-state index contributed by atoms with van der Waals surface area (Å²) in [6.45, 7) is 4.81. The topological polar surface area (TPSA) is 88.5 Å². The van der Waals surface area contributed by atoms with Crippen LogP contribution in [0.1, 0.15) is 99.2 Å². The minimum atomic E-state index is -1.04. The maximum absolute atomic E-state index is 12.6. The number of hydrogen-bond acceptors (Lipinski definition) is 4. The first-order valence-electron chi connectivity index (χ1n) is 15.3. The second-order valence-electron chi connectivity index (χ2n) is 11.4. The Kier molecular flexibility index (Phi) is 11.5. The molecule has 1 heterocycles. The number of aromatic nitrogens is 1. The lowest BCUT2D eigenvalue weighted by atomic mass is 9.79. The van der Waals surface area contributed by atoms with Gasteiger partial charge in [-0.1, -0.05) is 68.8 Å². The Morgan fingerprint density at radius 3 is 2.45 bits per heavy atom. The number of pyridine rings is 1. The predicted octanol–water partition coefficient (Wildman–Crippen LogP) is 8.28. The number of unbranched alkanes of at least 4 members (excludes halogenated alkanes) is 1. The van der Waals surface area contributed by atoms with Crippen LogP contribution in [0.25, 0.3) is 12.2 Å². The van der Waals surface area contributed by atoms with E-state index in [4.69, 9.17) is 9.72 Å². The van der Waals surface area contributed by atoms with E-state index >= 15 is 0 Å². The second kappa shape index (κ2) is 15.5. The van der Waals surface area contributed by atoms with Gasteiger partial charge in [-0.05, 0) is 97.9 Å². The minimum Gasteiger partial charge on any atom is -0.481 e. The maximum atomic E-state index is 12.6. The highest BCUT2D eigenvalue weighted by molar-refractivity contribution is 5.94. The summed E-state index contributed by atoms with van der Waals surface area (Å²) >= 11 is 0. The van der Waals surface area contributed by atoms with Crippen molar-refractivity contribution in [2.45, 2.75) is 84.2 Å². The molecule has 42 heavy (non-hydrogen) atoms. The molecule has 1 aromatic heterocycles. The summed E-state index contributed by atoms with van der Waals surface area (Å²) in [6, 6.07) is 22.6. The van der Waals surface area contributed by atoms with E-state index in [9.17, 15) is 14.7 Å². The third-order valence-corrected chi connectivity index (χ3v) is 8.56. The highest BCUT2D eigenvalue weighted by Crippen LogP contribution is 2.36. The van der Waals surface area contributed by atoms with E-state index in [0.717, 1.165) is 42.1 Å². The summed E-state index contributed by atoms with van der Waals surface area (Å²) < 4.78 is 5.90. The van der Waals surface area contributed by atoms with Crippen LogP contribution in [0.5, 0.6) is 0 Å². The maximum Gasteiger partial charge on any atom is 0.310 e. The number of aliphatic carboxylic acids is 1. The number of anilines is 1. The zero-order valence-electron chi connectivity index (χ0n) is 25.0. The Hall–Kier alpha value is -3.77. The molecule has 1 amide bonds. The molecule has 2 N–H and O–H groups in total. The molecular weight excluding hydrogens is 524 g/mol. The Morgan fingerprint density at radius 2 is 1.76 bits per heavy atom. The highest BCUT2D eigenvalue weighted by atomic mass is 16.5. The van der Waals surface area contributed by atoms with Crippen LogP contribution in [0, 0.1) is 5.41 Å². The number of aryl methyl sites for hydroxylation is 1. The van der Waals surface area contributed by atoms with Crippen molar-refractivity contribution < 1.29 is 19.4 Å². The molecule has 0 aliphatic heterocycles. The summed E-state index contributed by atoms with van der Waals surface area (Å²) in [4.78, 5) is 29.1. The average Bonchev–Trinajstić information content (AvgIpc) is 2.97. The van der Waals surface area contributed by atoms with Crippen LogP contribution in [0.4, 0.5) is 5.69 Å². The van der Waals surface area contributed by atoms with E-state index < -0.39 is 11.4 Å². The van der Waals surface area contributed by atoms with E-state index in [1.807, 2.05) is 62.4 Å². The van der Waals surface area contributed by atoms with Crippen LogP contribution in [-0.2, 0) is 27.4 Å². The molecule has 1 saturated carbocycles. The van der Waals surface area contributed by atoms with Gasteiger partial charge in [0.25, 0.3) is 0 Å². The zero-order valence-corrected chi connectivity index (χ0v) is 25.0. The average molecular weight is 569 g/mol. The number of carbonyl (C=O) groups is 2. The largest absolute Gasteiger partial charge is 0.481 e. The van der Waals surface area contributed by atoms with Crippen LogP contribution in [0.3, 0.4) is 0 Å². The molecule has 0 atom stereocenters. The summed E-state index contributed by atoms with van der Waals surface area (Å²) in [5.41, 5.74) is 5.12. The normalized spacial score (nSPS) is 13.7. The molecule has 0 bridgehead atoms. The van der Waals surface area contributed by atoms with Crippen LogP contribution in [0.2, 0.25) is 0 Å². The van der Waals surface area contributed by atoms with Crippen LogP contribution in [-0.4, -0.2) is 28.6 Å². The van der Waals surface area contributed by atoms with E-state index in [1.165, 1.54) is 30.4 Å². The quantitative estimate of drug-likeness (QED) is 0.170. The Labute approximate surface area is 250 Å². The van der Waals surface area contributed by atoms with E-state index in [0.29, 0.717) is 31.7 Å². The van der Waals surface area contributed by atoms with Gasteiger partial charge in [0, 0.05) is 18.7 Å². The fraction of sp³-hybridized carbons (Fsp3) is 0.417. The van der Waals surface area contributed by atoms with E-state index in [-0.39, 0.29) is 12.3 Å². The van der Waals surface area contributed by atoms with Crippen molar-refractivity contribution in [3.05, 3.63) is 94.8 Å². The van der Waals surface area contributed by atoms with Crippen molar-refractivity contribution in [2.75, 3.05) is 11.9 Å². The van der Waals surface area contributed by atoms with Crippen molar-refractivity contribution in [3.63, 3.8) is 0 Å². The number of rotatable bonds is 16. The first kappa shape index (κ1) is 31.2. The van der Waals surface area contributed by atoms with Crippen LogP contribution < -0.4 is 5.32 Å². The Balaban J connectivity index is 1.20. The molecule has 1 fully saturated rings. The third kappa shape index (κ3) is 8.86. The molecule has 6 heteroatoms. The summed E-state index contributed by atoms with van der Waals surface area (Å²) in [5, 5.41) is 12.5. The molecule has 0 radical (unpaired) electrons. The number of nitrogens with zero attached hydrogens (tertiary/aromatic N) is 1. The van der Waals surface area contributed by atoms with Gasteiger partial charge in [-0.2, -0.15) is 0 Å². The standard InChI is InChI=1S/C36H44N2O4/c1-3-36(4-2,35(40)41)25-34(39)38-32-15-7-11-28(24-32)19-22-31-14-9-16-33(37-31)26-42-23-6-5-10-27-17-20-30(21-18-27)29-12-8-13-29/h7,9,11,14-22,24,29H,3-6,8,10,12-13,23,25-26H2,1-2H3,(H,38,39)(H,40,41). The molecule has 0 spiro atoms. The van der Waals surface area contributed by atoms with Gasteiger partial charge in [-0.25, -0.2) is 0 Å². The number of nitrogens with one attached hydrogen (secondary N) is 1. The fourth-order valence-corrected chi connectivity index (χ4v) is 5.37. The zero-order chi connectivity index (χ0) is 29.8. The molecule has 1 aliphatic rings. The molecule has 2 aromatic carbocycles. The number of amides is 1. The number of benzene rings is 2. The van der Waals surface area contributed by atoms with Gasteiger partial charge in [0.05, 0.1) is 23.4 Å². The number of ether oxygens (including phenoxy) is 1. The molecule has 3 aromatic rings. The van der Waals surface area contributed by atoms with Crippen LogP contribution in [0.15, 0.2) is 66.7 Å². The van der Waals surface area contributed by atoms with E-state index in [2.05, 4.69) is 29.6 Å². The lowest BCUT2D eigenvalue weighted by molar-refractivity contribution is -0.151. The van der Waals surface area contributed by atoms with Gasteiger partial charge in [0.2, 0.25) is 5.91 Å². The SMILES string of the molecule is CCC(CC)(CC(=O)Nc1cccc(C=Cc2cccc(COCCCCc3ccc(C4CCC4)cc3)n2)c1)C(=O)O. The van der Waals surface area contributed by atoms with Crippen molar-refractivity contribution in [3.8, 4) is 0 Å². The number of carboxylic acid groups (broad SMARTS) is 1. The smallest absolute Gasteiger partial charge is 0.310 e. The van der Waals surface area contributed by atoms with Gasteiger partial charge in [0.15, 0.2) is 0 Å². The van der Waals surface area contributed by atoms with Gasteiger partial charge in [-0.3, -0.25) is 14.6 Å². The van der Waals surface area contributed by atoms with E-state index in [1.54, 1.807) is 6.07 Å². The van der Waals surface area contributed by atoms with Gasteiger partial charge >= 0.3 is 5.97 Å². The van der Waals surface area contributed by atoms with Crippen molar-refractivity contribution in [1.29, 1.82) is 0 Å². The molecular formula is C36H44N2O4. The van der Waals surface area contributed by atoms with Crippen molar-refractivity contribution in [1.82, 2.24) is 4.98 Å². The summed E-state index contributed by atoms with van der Waals surface area (Å²) in [7, 11) is 0. The fourth-order valence-electron chi connectivity index (χ4n) is 5.37. The summed E-state index contributed by atoms with van der Waals surface area (Å²) in [5.74, 6) is -0.435. The third-order valence-electron chi connectivity index (χ3n) is 8.56. The summed E-state index contributed by atoms with van der Waals surface area (Å²) in [6.07, 6.45) is 11.9. The Bertz CT molecular complexity index is 1340. The first-order valence-corrected chi connectivity index (χ1v) is 15.3. The molecule has 6 nitrogen and oxygen atoms in total. The van der Waals surface area contributed by atoms with Gasteiger partial charge < -0.3 is 15.2 Å². The number of carboxylic acids is 1. The van der Waals surface area contributed by atoms with Crippen molar-refractivity contribution >= 4 is 29.7 Å². The molecule has 0 unspecified atom stereocenters. The Morgan fingerprint density at radius 1 is 1.00 bits per heavy atom. The lowest BCUT2D eigenvalue weighted by Crippen LogP contribution is -2.34. The van der Waals surface area contributed by atoms with Crippen molar-refractivity contribution in [2.24, 2.45) is 5.41 Å².